The molecule has 1 atom stereocenters. The molecular weight excluding hydrogens is 348 g/mol. The molecule has 1 aliphatic heterocycles. The van der Waals surface area contributed by atoms with Gasteiger partial charge in [-0.1, -0.05) is 38.1 Å². The Morgan fingerprint density at radius 3 is 2.35 bits per heavy atom. The van der Waals surface area contributed by atoms with E-state index in [9.17, 15) is 14.4 Å². The van der Waals surface area contributed by atoms with Crippen LogP contribution < -0.4 is 5.32 Å². The second kappa shape index (κ2) is 6.68. The van der Waals surface area contributed by atoms with Gasteiger partial charge in [0.1, 0.15) is 5.54 Å². The van der Waals surface area contributed by atoms with Crippen LogP contribution in [0.25, 0.3) is 0 Å². The van der Waals surface area contributed by atoms with Crippen LogP contribution in [0.4, 0.5) is 4.79 Å². The van der Waals surface area contributed by atoms with Gasteiger partial charge < -0.3 is 5.32 Å². The van der Waals surface area contributed by atoms with Crippen LogP contribution in [-0.2, 0) is 10.3 Å². The SMILES string of the molecule is Cc1ccc(C(=O)CN2C(=O)N[C@@](C)(c3ccc(C(C)C)cc3)C2=O)s1. The van der Waals surface area contributed by atoms with Crippen LogP contribution in [-0.4, -0.2) is 29.2 Å². The number of benzene rings is 1. The summed E-state index contributed by atoms with van der Waals surface area (Å²) in [4.78, 5) is 40.3. The lowest BCUT2D eigenvalue weighted by molar-refractivity contribution is -0.130. The molecule has 1 saturated heterocycles. The third-order valence-electron chi connectivity index (χ3n) is 4.75. The van der Waals surface area contributed by atoms with E-state index in [1.54, 1.807) is 13.0 Å². The largest absolute Gasteiger partial charge is 0.325 e. The molecule has 26 heavy (non-hydrogen) atoms. The van der Waals surface area contributed by atoms with Crippen LogP contribution in [0, 0.1) is 6.92 Å². The van der Waals surface area contributed by atoms with Crippen LogP contribution in [0.1, 0.15) is 52.4 Å². The Bertz CT molecular complexity index is 869. The standard InChI is InChI=1S/C20H22N2O3S/c1-12(2)14-6-8-15(9-7-14)20(4)18(24)22(19(25)21-20)11-16(23)17-10-5-13(3)26-17/h5-10,12H,11H2,1-4H3,(H,21,25)/t20-/m0/s1. The van der Waals surface area contributed by atoms with Gasteiger partial charge in [0.05, 0.1) is 11.4 Å². The topological polar surface area (TPSA) is 66.5 Å². The summed E-state index contributed by atoms with van der Waals surface area (Å²) < 4.78 is 0. The smallest absolute Gasteiger partial charge is 0.319 e. The number of nitrogens with zero attached hydrogens (tertiary/aromatic N) is 1. The lowest BCUT2D eigenvalue weighted by Crippen LogP contribution is -2.41. The Balaban J connectivity index is 1.82. The van der Waals surface area contributed by atoms with Gasteiger partial charge in [0.25, 0.3) is 5.91 Å². The third kappa shape index (κ3) is 3.17. The minimum absolute atomic E-state index is 0.231. The van der Waals surface area contributed by atoms with Gasteiger partial charge in [-0.25, -0.2) is 4.79 Å². The molecule has 1 aromatic heterocycles. The first kappa shape index (κ1) is 18.3. The summed E-state index contributed by atoms with van der Waals surface area (Å²) in [5.74, 6) is -0.249. The van der Waals surface area contributed by atoms with Crippen molar-refractivity contribution >= 4 is 29.1 Å². The first-order valence-corrected chi connectivity index (χ1v) is 9.38. The molecule has 0 saturated carbocycles. The van der Waals surface area contributed by atoms with E-state index in [1.807, 2.05) is 37.3 Å². The molecule has 3 amide bonds. The van der Waals surface area contributed by atoms with Crippen molar-refractivity contribution in [1.82, 2.24) is 10.2 Å². The molecule has 0 aliphatic carbocycles. The van der Waals surface area contributed by atoms with Crippen LogP contribution in [0.2, 0.25) is 0 Å². The van der Waals surface area contributed by atoms with E-state index in [1.165, 1.54) is 11.3 Å². The maximum Gasteiger partial charge on any atom is 0.325 e. The number of Topliss-reactive ketones (excluding diaryl/α,β-unsaturated/α-hetero) is 1. The number of imide groups is 1. The second-order valence-corrected chi connectivity index (χ2v) is 8.34. The molecule has 1 aliphatic rings. The molecule has 136 valence electrons. The molecule has 0 spiro atoms. The molecule has 3 rings (SSSR count). The number of urea groups is 1. The Labute approximate surface area is 157 Å². The zero-order valence-electron chi connectivity index (χ0n) is 15.3. The number of carbonyl (C=O) groups is 3. The minimum atomic E-state index is -1.15. The summed E-state index contributed by atoms with van der Waals surface area (Å²) in [6.07, 6.45) is 0. The number of aryl methyl sites for hydroxylation is 1. The average molecular weight is 370 g/mol. The fourth-order valence-corrected chi connectivity index (χ4v) is 3.84. The molecule has 1 aromatic carbocycles. The van der Waals surface area contributed by atoms with Crippen LogP contribution in [0.15, 0.2) is 36.4 Å². The highest BCUT2D eigenvalue weighted by Gasteiger charge is 2.49. The summed E-state index contributed by atoms with van der Waals surface area (Å²) in [5, 5.41) is 2.75. The summed E-state index contributed by atoms with van der Waals surface area (Å²) in [6.45, 7) is 7.53. The Morgan fingerprint density at radius 2 is 1.81 bits per heavy atom. The second-order valence-electron chi connectivity index (χ2n) is 7.06. The van der Waals surface area contributed by atoms with Gasteiger partial charge in [-0.15, -0.1) is 11.3 Å². The fraction of sp³-hybridized carbons (Fsp3) is 0.350. The first-order chi connectivity index (χ1) is 12.2. The van der Waals surface area contributed by atoms with E-state index in [0.717, 1.165) is 15.3 Å². The van der Waals surface area contributed by atoms with Crippen LogP contribution >= 0.6 is 11.3 Å². The van der Waals surface area contributed by atoms with E-state index in [2.05, 4.69) is 19.2 Å². The number of hydrogen-bond acceptors (Lipinski definition) is 4. The van der Waals surface area contributed by atoms with E-state index in [0.29, 0.717) is 16.4 Å². The zero-order valence-corrected chi connectivity index (χ0v) is 16.1. The van der Waals surface area contributed by atoms with Crippen molar-refractivity contribution in [1.29, 1.82) is 0 Å². The molecule has 1 N–H and O–H groups in total. The highest BCUT2D eigenvalue weighted by molar-refractivity contribution is 7.14. The molecule has 0 radical (unpaired) electrons. The van der Waals surface area contributed by atoms with Gasteiger partial charge in [-0.2, -0.15) is 0 Å². The lowest BCUT2D eigenvalue weighted by Gasteiger charge is -2.22. The number of ketones is 1. The Morgan fingerprint density at radius 1 is 1.15 bits per heavy atom. The highest BCUT2D eigenvalue weighted by atomic mass is 32.1. The molecular formula is C20H22N2O3S. The minimum Gasteiger partial charge on any atom is -0.319 e. The summed E-state index contributed by atoms with van der Waals surface area (Å²) in [5.41, 5.74) is 0.717. The molecule has 2 aromatic rings. The zero-order chi connectivity index (χ0) is 19.1. The van der Waals surface area contributed by atoms with E-state index in [-0.39, 0.29) is 12.3 Å². The van der Waals surface area contributed by atoms with Crippen molar-refractivity contribution in [2.24, 2.45) is 0 Å². The van der Waals surface area contributed by atoms with Gasteiger partial charge in [-0.3, -0.25) is 14.5 Å². The number of carbonyl (C=O) groups excluding carboxylic acids is 3. The maximum atomic E-state index is 12.9. The molecule has 0 bridgehead atoms. The summed E-state index contributed by atoms with van der Waals surface area (Å²) in [6, 6.07) is 10.7. The number of amides is 3. The number of hydrogen-bond donors (Lipinski definition) is 1. The van der Waals surface area contributed by atoms with E-state index in [4.69, 9.17) is 0 Å². The van der Waals surface area contributed by atoms with Crippen LogP contribution in [0.5, 0.6) is 0 Å². The van der Waals surface area contributed by atoms with Crippen LogP contribution in [0.3, 0.4) is 0 Å². The van der Waals surface area contributed by atoms with Crippen molar-refractivity contribution in [3.05, 3.63) is 57.3 Å². The van der Waals surface area contributed by atoms with Crippen molar-refractivity contribution < 1.29 is 14.4 Å². The van der Waals surface area contributed by atoms with Gasteiger partial charge in [0, 0.05) is 4.88 Å². The first-order valence-electron chi connectivity index (χ1n) is 8.56. The van der Waals surface area contributed by atoms with E-state index < -0.39 is 17.5 Å². The summed E-state index contributed by atoms with van der Waals surface area (Å²) in [7, 11) is 0. The average Bonchev–Trinajstić information content (AvgIpc) is 3.13. The van der Waals surface area contributed by atoms with Crippen molar-refractivity contribution in [2.45, 2.75) is 39.2 Å². The quantitative estimate of drug-likeness (QED) is 0.642. The molecule has 6 heteroatoms. The van der Waals surface area contributed by atoms with Gasteiger partial charge in [0.15, 0.2) is 5.78 Å². The highest BCUT2D eigenvalue weighted by Crippen LogP contribution is 2.30. The Hall–Kier alpha value is -2.47. The molecule has 0 unspecified atom stereocenters. The normalized spacial score (nSPS) is 20.0. The maximum absolute atomic E-state index is 12.9. The monoisotopic (exact) mass is 370 g/mol. The fourth-order valence-electron chi connectivity index (χ4n) is 3.04. The third-order valence-corrected chi connectivity index (χ3v) is 5.79. The number of thiophene rings is 1. The van der Waals surface area contributed by atoms with E-state index >= 15 is 0 Å². The van der Waals surface area contributed by atoms with Crippen molar-refractivity contribution in [3.8, 4) is 0 Å². The predicted molar refractivity (Wildman–Crippen MR) is 102 cm³/mol. The van der Waals surface area contributed by atoms with Crippen molar-refractivity contribution in [2.75, 3.05) is 6.54 Å². The van der Waals surface area contributed by atoms with Gasteiger partial charge in [-0.05, 0) is 43.0 Å². The molecule has 2 heterocycles. The van der Waals surface area contributed by atoms with Gasteiger partial charge >= 0.3 is 6.03 Å². The number of rotatable bonds is 5. The summed E-state index contributed by atoms with van der Waals surface area (Å²) >= 11 is 1.36. The molecule has 5 nitrogen and oxygen atoms in total. The lowest BCUT2D eigenvalue weighted by atomic mass is 9.90. The Kier molecular flexibility index (Phi) is 4.71. The molecule has 1 fully saturated rings. The van der Waals surface area contributed by atoms with Gasteiger partial charge in [0.2, 0.25) is 0 Å². The van der Waals surface area contributed by atoms with Crippen molar-refractivity contribution in [3.63, 3.8) is 0 Å². The predicted octanol–water partition coefficient (Wildman–Crippen LogP) is 3.83. The number of nitrogens with one attached hydrogen (secondary N) is 1.